The largest absolute Gasteiger partial charge is 0.338 e. The Labute approximate surface area is 134 Å². The lowest BCUT2D eigenvalue weighted by Crippen LogP contribution is -2.45. The standard InChI is InChI=1S/C15H29N3O3S/c1-2-22(20,21)17-11-6-10-16-15(19)18-12-5-9-14(18)13-7-3-4-8-13/h13-14,17H,2-12H2,1H3,(H,16,19)/t14-/m0/s1. The fraction of sp³-hybridized carbons (Fsp3) is 0.933. The molecule has 1 aliphatic heterocycles. The van der Waals surface area contributed by atoms with Gasteiger partial charge in [-0.25, -0.2) is 17.9 Å². The van der Waals surface area contributed by atoms with Crippen LogP contribution in [0.3, 0.4) is 0 Å². The molecule has 0 aromatic heterocycles. The van der Waals surface area contributed by atoms with Crippen molar-refractivity contribution in [2.75, 3.05) is 25.4 Å². The predicted molar refractivity (Wildman–Crippen MR) is 87.2 cm³/mol. The van der Waals surface area contributed by atoms with Crippen LogP contribution in [0.5, 0.6) is 0 Å². The maximum atomic E-state index is 12.3. The third kappa shape index (κ3) is 4.84. The molecular weight excluding hydrogens is 302 g/mol. The number of hydrogen-bond acceptors (Lipinski definition) is 3. The first kappa shape index (κ1) is 17.5. The van der Waals surface area contributed by atoms with Gasteiger partial charge in [0, 0.05) is 25.7 Å². The summed E-state index contributed by atoms with van der Waals surface area (Å²) in [7, 11) is -3.13. The van der Waals surface area contributed by atoms with E-state index >= 15 is 0 Å². The number of likely N-dealkylation sites (tertiary alicyclic amines) is 1. The highest BCUT2D eigenvalue weighted by Crippen LogP contribution is 2.35. The van der Waals surface area contributed by atoms with Crippen molar-refractivity contribution in [3.8, 4) is 0 Å². The minimum Gasteiger partial charge on any atom is -0.338 e. The van der Waals surface area contributed by atoms with E-state index in [0.717, 1.165) is 19.4 Å². The summed E-state index contributed by atoms with van der Waals surface area (Å²) in [5, 5.41) is 2.93. The van der Waals surface area contributed by atoms with Gasteiger partial charge in [-0.3, -0.25) is 0 Å². The third-order valence-electron chi connectivity index (χ3n) is 4.84. The SMILES string of the molecule is CCS(=O)(=O)NCCCNC(=O)N1CCC[C@H]1C1CCCC1. The molecule has 7 heteroatoms. The highest BCUT2D eigenvalue weighted by atomic mass is 32.2. The minimum atomic E-state index is -3.13. The fourth-order valence-electron chi connectivity index (χ4n) is 3.59. The van der Waals surface area contributed by atoms with Crippen molar-refractivity contribution in [2.45, 2.75) is 57.9 Å². The van der Waals surface area contributed by atoms with Gasteiger partial charge in [0.05, 0.1) is 5.75 Å². The molecule has 2 rings (SSSR count). The topological polar surface area (TPSA) is 78.5 Å². The number of amides is 2. The highest BCUT2D eigenvalue weighted by Gasteiger charge is 2.35. The Hall–Kier alpha value is -0.820. The molecule has 0 spiro atoms. The normalized spacial score (nSPS) is 23.1. The van der Waals surface area contributed by atoms with Gasteiger partial charge >= 0.3 is 6.03 Å². The van der Waals surface area contributed by atoms with Crippen LogP contribution in [0.1, 0.15) is 51.9 Å². The zero-order valence-corrected chi connectivity index (χ0v) is 14.3. The van der Waals surface area contributed by atoms with E-state index in [1.54, 1.807) is 6.92 Å². The summed E-state index contributed by atoms with van der Waals surface area (Å²) in [6.45, 7) is 3.36. The summed E-state index contributed by atoms with van der Waals surface area (Å²) < 4.78 is 25.1. The molecule has 22 heavy (non-hydrogen) atoms. The van der Waals surface area contributed by atoms with E-state index in [-0.39, 0.29) is 11.8 Å². The Balaban J connectivity index is 1.68. The summed E-state index contributed by atoms with van der Waals surface area (Å²) in [6.07, 6.45) is 7.97. The molecule has 6 nitrogen and oxygen atoms in total. The fourth-order valence-corrected chi connectivity index (χ4v) is 4.25. The van der Waals surface area contributed by atoms with E-state index in [9.17, 15) is 13.2 Å². The highest BCUT2D eigenvalue weighted by molar-refractivity contribution is 7.89. The Bertz CT molecular complexity index is 461. The first-order valence-electron chi connectivity index (χ1n) is 8.55. The number of carbonyl (C=O) groups is 1. The predicted octanol–water partition coefficient (Wildman–Crippen LogP) is 1.68. The van der Waals surface area contributed by atoms with E-state index in [2.05, 4.69) is 10.0 Å². The number of nitrogens with one attached hydrogen (secondary N) is 2. The third-order valence-corrected chi connectivity index (χ3v) is 6.24. The monoisotopic (exact) mass is 331 g/mol. The quantitative estimate of drug-likeness (QED) is 0.697. The van der Waals surface area contributed by atoms with Crippen LogP contribution in [-0.2, 0) is 10.0 Å². The smallest absolute Gasteiger partial charge is 0.317 e. The van der Waals surface area contributed by atoms with Crippen LogP contribution >= 0.6 is 0 Å². The van der Waals surface area contributed by atoms with Crippen LogP contribution in [0.2, 0.25) is 0 Å². The molecule has 128 valence electrons. The van der Waals surface area contributed by atoms with Crippen molar-refractivity contribution < 1.29 is 13.2 Å². The van der Waals surface area contributed by atoms with Gasteiger partial charge in [0.2, 0.25) is 10.0 Å². The lowest BCUT2D eigenvalue weighted by atomic mass is 9.96. The summed E-state index contributed by atoms with van der Waals surface area (Å²) >= 11 is 0. The molecule has 1 saturated carbocycles. The molecule has 1 atom stereocenters. The Morgan fingerprint density at radius 2 is 1.86 bits per heavy atom. The number of hydrogen-bond donors (Lipinski definition) is 2. The first-order chi connectivity index (χ1) is 10.5. The van der Waals surface area contributed by atoms with Gasteiger partial charge in [-0.2, -0.15) is 0 Å². The zero-order chi connectivity index (χ0) is 16.0. The molecule has 2 fully saturated rings. The van der Waals surface area contributed by atoms with Gasteiger partial charge in [-0.05, 0) is 44.9 Å². The van der Waals surface area contributed by atoms with Crippen LogP contribution in [0.4, 0.5) is 4.79 Å². The van der Waals surface area contributed by atoms with Gasteiger partial charge < -0.3 is 10.2 Å². The summed E-state index contributed by atoms with van der Waals surface area (Å²) in [6, 6.07) is 0.439. The number of urea groups is 1. The van der Waals surface area contributed by atoms with Crippen molar-refractivity contribution in [3.05, 3.63) is 0 Å². The Morgan fingerprint density at radius 1 is 1.14 bits per heavy atom. The van der Waals surface area contributed by atoms with Gasteiger partial charge in [-0.1, -0.05) is 12.8 Å². The first-order valence-corrected chi connectivity index (χ1v) is 10.2. The Morgan fingerprint density at radius 3 is 2.55 bits per heavy atom. The van der Waals surface area contributed by atoms with Crippen LogP contribution in [0, 0.1) is 5.92 Å². The molecular formula is C15H29N3O3S. The second kappa shape index (κ2) is 8.15. The van der Waals surface area contributed by atoms with Crippen LogP contribution in [0.25, 0.3) is 0 Å². The maximum absolute atomic E-state index is 12.3. The molecule has 2 amide bonds. The van der Waals surface area contributed by atoms with Crippen molar-refractivity contribution in [2.24, 2.45) is 5.92 Å². The molecule has 1 aliphatic carbocycles. The van der Waals surface area contributed by atoms with Gasteiger partial charge in [0.25, 0.3) is 0 Å². The molecule has 0 unspecified atom stereocenters. The summed E-state index contributed by atoms with van der Waals surface area (Å²) in [5.74, 6) is 0.778. The zero-order valence-electron chi connectivity index (χ0n) is 13.5. The summed E-state index contributed by atoms with van der Waals surface area (Å²) in [5.41, 5.74) is 0. The van der Waals surface area contributed by atoms with Crippen molar-refractivity contribution in [1.82, 2.24) is 14.9 Å². The van der Waals surface area contributed by atoms with E-state index in [4.69, 9.17) is 0 Å². The second-order valence-corrected chi connectivity index (χ2v) is 8.43. The van der Waals surface area contributed by atoms with E-state index < -0.39 is 10.0 Å². The number of sulfonamides is 1. The molecule has 0 radical (unpaired) electrons. The van der Waals surface area contributed by atoms with E-state index in [1.165, 1.54) is 25.7 Å². The van der Waals surface area contributed by atoms with Gasteiger partial charge in [-0.15, -0.1) is 0 Å². The number of rotatable bonds is 7. The molecule has 1 saturated heterocycles. The van der Waals surface area contributed by atoms with Crippen LogP contribution < -0.4 is 10.0 Å². The molecule has 0 aromatic rings. The average molecular weight is 331 g/mol. The van der Waals surface area contributed by atoms with E-state index in [0.29, 0.717) is 31.5 Å². The molecule has 0 bridgehead atoms. The second-order valence-electron chi connectivity index (χ2n) is 6.33. The molecule has 0 aromatic carbocycles. The maximum Gasteiger partial charge on any atom is 0.317 e. The number of nitrogens with zero attached hydrogens (tertiary/aromatic N) is 1. The van der Waals surface area contributed by atoms with Crippen molar-refractivity contribution >= 4 is 16.1 Å². The minimum absolute atomic E-state index is 0.0211. The molecule has 2 N–H and O–H groups in total. The lowest BCUT2D eigenvalue weighted by molar-refractivity contribution is 0.173. The van der Waals surface area contributed by atoms with Crippen molar-refractivity contribution in [1.29, 1.82) is 0 Å². The molecule has 2 aliphatic rings. The van der Waals surface area contributed by atoms with Crippen molar-refractivity contribution in [3.63, 3.8) is 0 Å². The van der Waals surface area contributed by atoms with Gasteiger partial charge in [0.15, 0.2) is 0 Å². The lowest BCUT2D eigenvalue weighted by Gasteiger charge is -2.29. The number of carbonyl (C=O) groups excluding carboxylic acids is 1. The molecule has 1 heterocycles. The van der Waals surface area contributed by atoms with Crippen LogP contribution in [0.15, 0.2) is 0 Å². The van der Waals surface area contributed by atoms with Gasteiger partial charge in [0.1, 0.15) is 0 Å². The summed E-state index contributed by atoms with van der Waals surface area (Å²) in [4.78, 5) is 14.3. The Kier molecular flexibility index (Phi) is 6.50. The van der Waals surface area contributed by atoms with Crippen LogP contribution in [-0.4, -0.2) is 50.8 Å². The average Bonchev–Trinajstić information content (AvgIpc) is 3.17. The van der Waals surface area contributed by atoms with E-state index in [1.807, 2.05) is 4.90 Å².